The Balaban J connectivity index is 2.09. The predicted molar refractivity (Wildman–Crippen MR) is 79.3 cm³/mol. The van der Waals surface area contributed by atoms with E-state index in [-0.39, 0.29) is 25.1 Å². The molecule has 0 spiro atoms. The Morgan fingerprint density at radius 2 is 1.75 bits per heavy atom. The number of hydrogen-bond acceptors (Lipinski definition) is 4. The van der Waals surface area contributed by atoms with Crippen molar-refractivity contribution in [2.45, 2.75) is 45.8 Å². The first-order valence-electron chi connectivity index (χ1n) is 7.02. The summed E-state index contributed by atoms with van der Waals surface area (Å²) in [6.07, 6.45) is 0. The standard InChI is InChI=1S/C15H23BO4/c1-6-17-11-18-13-9-7-8-12(10-13)16-19-14(2,3)15(4,5)20-16/h7-10H,6,11H2,1-5H3. The second kappa shape index (κ2) is 5.76. The lowest BCUT2D eigenvalue weighted by Crippen LogP contribution is -2.41. The third-order valence-corrected chi connectivity index (χ3v) is 3.90. The van der Waals surface area contributed by atoms with E-state index in [0.717, 1.165) is 11.2 Å². The Kier molecular flexibility index (Phi) is 4.42. The molecule has 0 saturated carbocycles. The molecule has 0 N–H and O–H groups in total. The molecule has 20 heavy (non-hydrogen) atoms. The second-order valence-corrected chi connectivity index (χ2v) is 5.92. The number of ether oxygens (including phenoxy) is 2. The molecule has 0 aromatic heterocycles. The van der Waals surface area contributed by atoms with Crippen molar-refractivity contribution in [2.24, 2.45) is 0 Å². The molecule has 0 bridgehead atoms. The van der Waals surface area contributed by atoms with E-state index in [0.29, 0.717) is 6.61 Å². The second-order valence-electron chi connectivity index (χ2n) is 5.92. The summed E-state index contributed by atoms with van der Waals surface area (Å²) >= 11 is 0. The fourth-order valence-electron chi connectivity index (χ4n) is 1.92. The molecule has 1 aliphatic rings. The summed E-state index contributed by atoms with van der Waals surface area (Å²) < 4.78 is 22.7. The summed E-state index contributed by atoms with van der Waals surface area (Å²) in [7, 11) is -0.365. The first-order chi connectivity index (χ1) is 9.36. The van der Waals surface area contributed by atoms with E-state index in [1.165, 1.54) is 0 Å². The zero-order valence-electron chi connectivity index (χ0n) is 12.9. The highest BCUT2D eigenvalue weighted by Gasteiger charge is 2.51. The van der Waals surface area contributed by atoms with Crippen molar-refractivity contribution in [1.82, 2.24) is 0 Å². The van der Waals surface area contributed by atoms with Crippen molar-refractivity contribution in [3.8, 4) is 5.75 Å². The van der Waals surface area contributed by atoms with Gasteiger partial charge in [-0.1, -0.05) is 12.1 Å². The molecule has 0 amide bonds. The molecule has 0 unspecified atom stereocenters. The highest BCUT2D eigenvalue weighted by Crippen LogP contribution is 2.36. The van der Waals surface area contributed by atoms with Crippen LogP contribution in [0.3, 0.4) is 0 Å². The molecule has 1 fully saturated rings. The van der Waals surface area contributed by atoms with Crippen molar-refractivity contribution in [3.05, 3.63) is 24.3 Å². The van der Waals surface area contributed by atoms with Crippen LogP contribution in [0.1, 0.15) is 34.6 Å². The van der Waals surface area contributed by atoms with Gasteiger partial charge in [-0.2, -0.15) is 0 Å². The minimum absolute atomic E-state index is 0.253. The normalized spacial score (nSPS) is 20.1. The predicted octanol–water partition coefficient (Wildman–Crippen LogP) is 2.36. The van der Waals surface area contributed by atoms with Gasteiger partial charge in [0.1, 0.15) is 5.75 Å². The molecular weight excluding hydrogens is 255 g/mol. The molecule has 1 aliphatic heterocycles. The van der Waals surface area contributed by atoms with Crippen LogP contribution in [-0.2, 0) is 14.0 Å². The van der Waals surface area contributed by atoms with Gasteiger partial charge in [-0.25, -0.2) is 0 Å². The van der Waals surface area contributed by atoms with Crippen LogP contribution in [0.2, 0.25) is 0 Å². The number of benzene rings is 1. The van der Waals surface area contributed by atoms with E-state index in [2.05, 4.69) is 0 Å². The maximum absolute atomic E-state index is 6.02. The van der Waals surface area contributed by atoms with Crippen LogP contribution in [0.15, 0.2) is 24.3 Å². The lowest BCUT2D eigenvalue weighted by molar-refractivity contribution is 0.00578. The Bertz CT molecular complexity index is 443. The van der Waals surface area contributed by atoms with Gasteiger partial charge in [0.2, 0.25) is 0 Å². The maximum Gasteiger partial charge on any atom is 0.494 e. The minimum atomic E-state index is -0.365. The molecule has 2 rings (SSSR count). The molecule has 0 aliphatic carbocycles. The summed E-state index contributed by atoms with van der Waals surface area (Å²) in [5.41, 5.74) is 0.289. The molecule has 1 aromatic carbocycles. The van der Waals surface area contributed by atoms with Crippen molar-refractivity contribution >= 4 is 12.6 Å². The van der Waals surface area contributed by atoms with Gasteiger partial charge in [-0.3, -0.25) is 0 Å². The zero-order chi connectivity index (χ0) is 14.8. The van der Waals surface area contributed by atoms with Gasteiger partial charge >= 0.3 is 7.12 Å². The molecule has 4 nitrogen and oxygen atoms in total. The van der Waals surface area contributed by atoms with E-state index in [4.69, 9.17) is 18.8 Å². The van der Waals surface area contributed by atoms with E-state index in [1.54, 1.807) is 0 Å². The van der Waals surface area contributed by atoms with Gasteiger partial charge in [0.25, 0.3) is 0 Å². The van der Waals surface area contributed by atoms with E-state index >= 15 is 0 Å². The summed E-state index contributed by atoms with van der Waals surface area (Å²) in [5, 5.41) is 0. The molecule has 0 radical (unpaired) electrons. The Morgan fingerprint density at radius 1 is 1.10 bits per heavy atom. The van der Waals surface area contributed by atoms with Crippen LogP contribution in [0.5, 0.6) is 5.75 Å². The topological polar surface area (TPSA) is 36.9 Å². The average molecular weight is 278 g/mol. The van der Waals surface area contributed by atoms with Crippen LogP contribution in [0.4, 0.5) is 0 Å². The van der Waals surface area contributed by atoms with Crippen molar-refractivity contribution in [3.63, 3.8) is 0 Å². The monoisotopic (exact) mass is 278 g/mol. The first-order valence-corrected chi connectivity index (χ1v) is 7.02. The van der Waals surface area contributed by atoms with Crippen molar-refractivity contribution < 1.29 is 18.8 Å². The third-order valence-electron chi connectivity index (χ3n) is 3.90. The highest BCUT2D eigenvalue weighted by atomic mass is 16.7. The van der Waals surface area contributed by atoms with Gasteiger partial charge in [0, 0.05) is 6.61 Å². The lowest BCUT2D eigenvalue weighted by atomic mass is 9.79. The smallest absolute Gasteiger partial charge is 0.468 e. The van der Waals surface area contributed by atoms with Crippen molar-refractivity contribution in [2.75, 3.05) is 13.4 Å². The van der Waals surface area contributed by atoms with Gasteiger partial charge in [0.15, 0.2) is 6.79 Å². The SMILES string of the molecule is CCOCOc1cccc(B2OC(C)(C)C(C)(C)O2)c1. The van der Waals surface area contributed by atoms with Gasteiger partial charge in [-0.05, 0) is 52.2 Å². The Morgan fingerprint density at radius 3 is 2.35 bits per heavy atom. The Labute approximate surface area is 121 Å². The van der Waals surface area contributed by atoms with E-state index in [9.17, 15) is 0 Å². The molecule has 110 valence electrons. The first kappa shape index (κ1) is 15.4. The molecule has 5 heteroatoms. The lowest BCUT2D eigenvalue weighted by Gasteiger charge is -2.32. The maximum atomic E-state index is 6.02. The van der Waals surface area contributed by atoms with E-state index in [1.807, 2.05) is 58.9 Å². The molecular formula is C15H23BO4. The number of hydrogen-bond donors (Lipinski definition) is 0. The Hall–Kier alpha value is -1.04. The van der Waals surface area contributed by atoms with Crippen LogP contribution < -0.4 is 10.2 Å². The molecule has 1 aromatic rings. The summed E-state index contributed by atoms with van der Waals surface area (Å²) in [5.74, 6) is 0.755. The number of rotatable bonds is 5. The fraction of sp³-hybridized carbons (Fsp3) is 0.600. The van der Waals surface area contributed by atoms with Crippen LogP contribution in [0, 0.1) is 0 Å². The molecule has 1 saturated heterocycles. The van der Waals surface area contributed by atoms with Gasteiger partial charge in [-0.15, -0.1) is 0 Å². The zero-order valence-corrected chi connectivity index (χ0v) is 12.9. The summed E-state index contributed by atoms with van der Waals surface area (Å²) in [6.45, 7) is 11.0. The quantitative estimate of drug-likeness (QED) is 0.470. The van der Waals surface area contributed by atoms with Crippen LogP contribution in [-0.4, -0.2) is 31.7 Å². The average Bonchev–Trinajstić information content (AvgIpc) is 2.59. The molecule has 0 atom stereocenters. The largest absolute Gasteiger partial charge is 0.494 e. The van der Waals surface area contributed by atoms with Crippen LogP contribution in [0.25, 0.3) is 0 Å². The summed E-state index contributed by atoms with van der Waals surface area (Å²) in [4.78, 5) is 0. The van der Waals surface area contributed by atoms with Gasteiger partial charge < -0.3 is 18.8 Å². The van der Waals surface area contributed by atoms with E-state index < -0.39 is 0 Å². The third kappa shape index (κ3) is 3.16. The summed E-state index contributed by atoms with van der Waals surface area (Å²) in [6, 6.07) is 7.74. The van der Waals surface area contributed by atoms with Crippen molar-refractivity contribution in [1.29, 1.82) is 0 Å². The fourth-order valence-corrected chi connectivity index (χ4v) is 1.92. The highest BCUT2D eigenvalue weighted by molar-refractivity contribution is 6.62. The molecule has 1 heterocycles. The minimum Gasteiger partial charge on any atom is -0.468 e. The van der Waals surface area contributed by atoms with Gasteiger partial charge in [0.05, 0.1) is 11.2 Å². The van der Waals surface area contributed by atoms with Crippen LogP contribution >= 0.6 is 0 Å².